The molecule has 0 saturated heterocycles. The van der Waals surface area contributed by atoms with Crippen LogP contribution in [0.1, 0.15) is 40.4 Å². The first-order chi connectivity index (χ1) is 9.72. The maximum absolute atomic E-state index is 11.9. The number of amides is 1. The zero-order chi connectivity index (χ0) is 13.9. The van der Waals surface area contributed by atoms with E-state index in [1.165, 1.54) is 17.0 Å². The molecule has 4 heteroatoms. The van der Waals surface area contributed by atoms with Gasteiger partial charge in [-0.3, -0.25) is 4.79 Å². The molecule has 1 aliphatic carbocycles. The second-order valence-electron chi connectivity index (χ2n) is 5.29. The van der Waals surface area contributed by atoms with Crippen molar-refractivity contribution in [3.63, 3.8) is 0 Å². The van der Waals surface area contributed by atoms with Crippen LogP contribution >= 0.6 is 11.3 Å². The van der Waals surface area contributed by atoms with Crippen LogP contribution in [0.25, 0.3) is 0 Å². The molecule has 1 unspecified atom stereocenters. The smallest absolute Gasteiger partial charge is 0.227 e. The van der Waals surface area contributed by atoms with Crippen LogP contribution in [0.4, 0.5) is 0 Å². The van der Waals surface area contributed by atoms with Crippen LogP contribution in [0.2, 0.25) is 0 Å². The second-order valence-corrected chi connectivity index (χ2v) is 6.46. The third-order valence-electron chi connectivity index (χ3n) is 3.69. The maximum Gasteiger partial charge on any atom is 0.227 e. The van der Waals surface area contributed by atoms with Crippen LogP contribution in [0, 0.1) is 0 Å². The number of carbonyl (C=O) groups is 1. The van der Waals surface area contributed by atoms with Crippen molar-refractivity contribution in [2.45, 2.75) is 38.6 Å². The van der Waals surface area contributed by atoms with E-state index in [9.17, 15) is 4.79 Å². The summed E-state index contributed by atoms with van der Waals surface area (Å²) in [5, 5.41) is 3.90. The van der Waals surface area contributed by atoms with Gasteiger partial charge in [-0.1, -0.05) is 37.3 Å². The molecule has 0 spiro atoms. The maximum atomic E-state index is 11.9. The number of hydrogen-bond donors (Lipinski definition) is 1. The lowest BCUT2D eigenvalue weighted by Gasteiger charge is -2.04. The Labute approximate surface area is 123 Å². The molecule has 1 N–H and O–H groups in total. The molecule has 3 rings (SSSR count). The minimum absolute atomic E-state index is 0.0499. The van der Waals surface area contributed by atoms with Crippen molar-refractivity contribution in [3.05, 3.63) is 51.5 Å². The van der Waals surface area contributed by atoms with E-state index < -0.39 is 0 Å². The van der Waals surface area contributed by atoms with E-state index in [0.29, 0.717) is 18.9 Å². The second kappa shape index (κ2) is 5.75. The Kier molecular flexibility index (Phi) is 3.83. The van der Waals surface area contributed by atoms with Crippen LogP contribution in [-0.4, -0.2) is 10.9 Å². The fourth-order valence-corrected chi connectivity index (χ4v) is 3.74. The molecule has 1 aromatic carbocycles. The molecule has 1 aliphatic rings. The van der Waals surface area contributed by atoms with Gasteiger partial charge in [0.05, 0.1) is 12.1 Å². The molecule has 104 valence electrons. The Bertz CT molecular complexity index is 606. The summed E-state index contributed by atoms with van der Waals surface area (Å²) < 4.78 is 0. The molecule has 20 heavy (non-hydrogen) atoms. The monoisotopic (exact) mass is 286 g/mol. The molecule has 0 fully saturated rings. The van der Waals surface area contributed by atoms with Crippen LogP contribution in [0.5, 0.6) is 0 Å². The van der Waals surface area contributed by atoms with E-state index in [0.717, 1.165) is 17.0 Å². The molecule has 0 saturated carbocycles. The van der Waals surface area contributed by atoms with E-state index >= 15 is 0 Å². The normalized spacial score (nSPS) is 16.9. The Hall–Kier alpha value is -1.68. The summed E-state index contributed by atoms with van der Waals surface area (Å²) in [6.45, 7) is 2.80. The molecule has 1 heterocycles. The fraction of sp³-hybridized carbons (Fsp3) is 0.375. The first-order valence-corrected chi connectivity index (χ1v) is 7.83. The molecule has 3 nitrogen and oxygen atoms in total. The number of nitrogens with one attached hydrogen (secondary N) is 1. The SMILES string of the molecule is CC1CCc2sc(CC(=O)NCc3ccccc3)nc21. The molecule has 0 bridgehead atoms. The third-order valence-corrected chi connectivity index (χ3v) is 4.82. The van der Waals surface area contributed by atoms with Crippen molar-refractivity contribution in [1.82, 2.24) is 10.3 Å². The summed E-state index contributed by atoms with van der Waals surface area (Å²) in [7, 11) is 0. The molecule has 1 amide bonds. The third kappa shape index (κ3) is 2.90. The fourth-order valence-electron chi connectivity index (χ4n) is 2.53. The summed E-state index contributed by atoms with van der Waals surface area (Å²) in [6, 6.07) is 9.96. The number of benzene rings is 1. The zero-order valence-corrected chi connectivity index (χ0v) is 12.4. The molecular formula is C16H18N2OS. The number of fused-ring (bicyclic) bond motifs is 1. The Morgan fingerprint density at radius 2 is 2.20 bits per heavy atom. The van der Waals surface area contributed by atoms with Gasteiger partial charge in [-0.15, -0.1) is 11.3 Å². The highest BCUT2D eigenvalue weighted by Gasteiger charge is 2.23. The number of thiazole rings is 1. The predicted octanol–water partition coefficient (Wildman–Crippen LogP) is 3.05. The lowest BCUT2D eigenvalue weighted by atomic mass is 10.1. The van der Waals surface area contributed by atoms with Crippen LogP contribution < -0.4 is 5.32 Å². The van der Waals surface area contributed by atoms with Gasteiger partial charge in [-0.05, 0) is 24.3 Å². The topological polar surface area (TPSA) is 42.0 Å². The average molecular weight is 286 g/mol. The van der Waals surface area contributed by atoms with Crippen molar-refractivity contribution in [2.24, 2.45) is 0 Å². The van der Waals surface area contributed by atoms with Crippen LogP contribution in [-0.2, 0) is 24.2 Å². The zero-order valence-electron chi connectivity index (χ0n) is 11.6. The summed E-state index contributed by atoms with van der Waals surface area (Å²) in [5.41, 5.74) is 2.34. The summed E-state index contributed by atoms with van der Waals surface area (Å²) >= 11 is 1.70. The summed E-state index contributed by atoms with van der Waals surface area (Å²) in [4.78, 5) is 18.0. The molecule has 0 radical (unpaired) electrons. The molecule has 1 atom stereocenters. The van der Waals surface area contributed by atoms with Gasteiger partial charge >= 0.3 is 0 Å². The minimum atomic E-state index is 0.0499. The van der Waals surface area contributed by atoms with Gasteiger partial charge in [0.2, 0.25) is 5.91 Å². The highest BCUT2D eigenvalue weighted by molar-refractivity contribution is 7.11. The highest BCUT2D eigenvalue weighted by Crippen LogP contribution is 2.35. The average Bonchev–Trinajstić information content (AvgIpc) is 3.00. The van der Waals surface area contributed by atoms with Crippen LogP contribution in [0.3, 0.4) is 0 Å². The molecule has 1 aromatic heterocycles. The lowest BCUT2D eigenvalue weighted by molar-refractivity contribution is -0.120. The minimum Gasteiger partial charge on any atom is -0.352 e. The number of hydrogen-bond acceptors (Lipinski definition) is 3. The van der Waals surface area contributed by atoms with Gasteiger partial charge in [-0.2, -0.15) is 0 Å². The molecular weight excluding hydrogens is 268 g/mol. The molecule has 2 aromatic rings. The Balaban J connectivity index is 1.55. The van der Waals surface area contributed by atoms with Gasteiger partial charge in [-0.25, -0.2) is 4.98 Å². The van der Waals surface area contributed by atoms with Crippen molar-refractivity contribution >= 4 is 17.2 Å². The van der Waals surface area contributed by atoms with Crippen molar-refractivity contribution in [1.29, 1.82) is 0 Å². The highest BCUT2D eigenvalue weighted by atomic mass is 32.1. The van der Waals surface area contributed by atoms with E-state index in [1.54, 1.807) is 11.3 Å². The van der Waals surface area contributed by atoms with Gasteiger partial charge in [0.15, 0.2) is 0 Å². The Morgan fingerprint density at radius 1 is 1.40 bits per heavy atom. The van der Waals surface area contributed by atoms with Crippen molar-refractivity contribution in [2.75, 3.05) is 0 Å². The van der Waals surface area contributed by atoms with E-state index in [2.05, 4.69) is 17.2 Å². The predicted molar refractivity (Wildman–Crippen MR) is 80.8 cm³/mol. The van der Waals surface area contributed by atoms with Crippen molar-refractivity contribution in [3.8, 4) is 0 Å². The van der Waals surface area contributed by atoms with E-state index in [1.807, 2.05) is 30.3 Å². The largest absolute Gasteiger partial charge is 0.352 e. The lowest BCUT2D eigenvalue weighted by Crippen LogP contribution is -2.24. The van der Waals surface area contributed by atoms with Crippen molar-refractivity contribution < 1.29 is 4.79 Å². The molecule has 0 aliphatic heterocycles. The summed E-state index contributed by atoms with van der Waals surface area (Å²) in [5.74, 6) is 0.608. The number of rotatable bonds is 4. The Morgan fingerprint density at radius 3 is 2.95 bits per heavy atom. The van der Waals surface area contributed by atoms with E-state index in [4.69, 9.17) is 0 Å². The van der Waals surface area contributed by atoms with Gasteiger partial charge in [0, 0.05) is 11.4 Å². The summed E-state index contributed by atoms with van der Waals surface area (Å²) in [6.07, 6.45) is 2.73. The first kappa shape index (κ1) is 13.3. The van der Waals surface area contributed by atoms with Gasteiger partial charge in [0.25, 0.3) is 0 Å². The van der Waals surface area contributed by atoms with E-state index in [-0.39, 0.29) is 5.91 Å². The van der Waals surface area contributed by atoms with Gasteiger partial charge in [0.1, 0.15) is 5.01 Å². The standard InChI is InChI=1S/C16H18N2OS/c1-11-7-8-13-16(11)18-15(20-13)9-14(19)17-10-12-5-3-2-4-6-12/h2-6,11H,7-10H2,1H3,(H,17,19). The number of carbonyl (C=O) groups excluding carboxylic acids is 1. The first-order valence-electron chi connectivity index (χ1n) is 7.01. The quantitative estimate of drug-likeness (QED) is 0.938. The number of aryl methyl sites for hydroxylation is 1. The number of nitrogens with zero attached hydrogens (tertiary/aromatic N) is 1. The van der Waals surface area contributed by atoms with Crippen LogP contribution in [0.15, 0.2) is 30.3 Å². The van der Waals surface area contributed by atoms with Gasteiger partial charge < -0.3 is 5.32 Å². The number of aromatic nitrogens is 1.